The van der Waals surface area contributed by atoms with E-state index in [1.54, 1.807) is 7.11 Å². The van der Waals surface area contributed by atoms with E-state index in [1.165, 1.54) is 0 Å². The van der Waals surface area contributed by atoms with Crippen LogP contribution in [0.1, 0.15) is 5.56 Å². The Bertz CT molecular complexity index is 836. The first-order chi connectivity index (χ1) is 10.1. The zero-order valence-electron chi connectivity index (χ0n) is 11.5. The van der Waals surface area contributed by atoms with Gasteiger partial charge in [0.15, 0.2) is 5.82 Å². The minimum absolute atomic E-state index is 0.446. The SMILES string of the molecule is COc1cccc(-c2nc(Cl)c3cc(C)cc(Br)c3n2)c1. The lowest BCUT2D eigenvalue weighted by Gasteiger charge is -2.08. The summed E-state index contributed by atoms with van der Waals surface area (Å²) in [6.45, 7) is 2.01. The lowest BCUT2D eigenvalue weighted by atomic mass is 10.1. The van der Waals surface area contributed by atoms with Crippen molar-refractivity contribution < 1.29 is 4.74 Å². The van der Waals surface area contributed by atoms with Crippen molar-refractivity contribution in [3.05, 3.63) is 51.6 Å². The van der Waals surface area contributed by atoms with E-state index in [1.807, 2.05) is 43.3 Å². The van der Waals surface area contributed by atoms with Gasteiger partial charge in [-0.2, -0.15) is 0 Å². The molecule has 0 aliphatic rings. The Kier molecular flexibility index (Phi) is 3.83. The third kappa shape index (κ3) is 2.74. The number of methoxy groups -OCH3 is 1. The molecule has 2 aromatic carbocycles. The third-order valence-electron chi connectivity index (χ3n) is 3.18. The Morgan fingerprint density at radius 3 is 2.71 bits per heavy atom. The van der Waals surface area contributed by atoms with Crippen molar-refractivity contribution in [3.8, 4) is 17.1 Å². The molecule has 5 heteroatoms. The predicted molar refractivity (Wildman–Crippen MR) is 89.0 cm³/mol. The first-order valence-electron chi connectivity index (χ1n) is 6.36. The molecule has 0 radical (unpaired) electrons. The van der Waals surface area contributed by atoms with Gasteiger partial charge in [-0.15, -0.1) is 0 Å². The number of benzene rings is 2. The van der Waals surface area contributed by atoms with E-state index >= 15 is 0 Å². The molecule has 3 aromatic rings. The molecule has 0 aliphatic heterocycles. The van der Waals surface area contributed by atoms with Crippen LogP contribution in [-0.4, -0.2) is 17.1 Å². The molecule has 1 heterocycles. The van der Waals surface area contributed by atoms with Gasteiger partial charge >= 0.3 is 0 Å². The first-order valence-corrected chi connectivity index (χ1v) is 7.53. The van der Waals surface area contributed by atoms with Crippen LogP contribution >= 0.6 is 27.5 Å². The topological polar surface area (TPSA) is 35.0 Å². The zero-order chi connectivity index (χ0) is 15.0. The molecule has 0 aliphatic carbocycles. The fourth-order valence-corrected chi connectivity index (χ4v) is 3.07. The molecular weight excluding hydrogens is 352 g/mol. The molecule has 0 amide bonds. The van der Waals surface area contributed by atoms with Crippen molar-refractivity contribution in [2.75, 3.05) is 7.11 Å². The van der Waals surface area contributed by atoms with Crippen LogP contribution in [0.5, 0.6) is 5.75 Å². The average molecular weight is 364 g/mol. The fourth-order valence-electron chi connectivity index (χ4n) is 2.18. The van der Waals surface area contributed by atoms with Crippen molar-refractivity contribution >= 4 is 38.4 Å². The van der Waals surface area contributed by atoms with E-state index in [2.05, 4.69) is 25.9 Å². The smallest absolute Gasteiger partial charge is 0.161 e. The molecule has 1 aromatic heterocycles. The van der Waals surface area contributed by atoms with Crippen molar-refractivity contribution in [1.82, 2.24) is 9.97 Å². The highest BCUT2D eigenvalue weighted by Gasteiger charge is 2.11. The number of fused-ring (bicyclic) bond motifs is 1. The van der Waals surface area contributed by atoms with E-state index in [-0.39, 0.29) is 0 Å². The van der Waals surface area contributed by atoms with E-state index < -0.39 is 0 Å². The maximum atomic E-state index is 6.33. The van der Waals surface area contributed by atoms with E-state index in [0.29, 0.717) is 11.0 Å². The van der Waals surface area contributed by atoms with Crippen LogP contribution < -0.4 is 4.74 Å². The Hall–Kier alpha value is -1.65. The van der Waals surface area contributed by atoms with Gasteiger partial charge in [-0.1, -0.05) is 23.7 Å². The molecule has 106 valence electrons. The Balaban J connectivity index is 2.24. The fraction of sp³-hybridized carbons (Fsp3) is 0.125. The summed E-state index contributed by atoms with van der Waals surface area (Å²) in [4.78, 5) is 9.03. The summed E-state index contributed by atoms with van der Waals surface area (Å²) in [6, 6.07) is 11.6. The standard InChI is InChI=1S/C16H12BrClN2O/c1-9-6-12-14(13(17)7-9)19-16(20-15(12)18)10-4-3-5-11(8-10)21-2/h3-8H,1-2H3. The second-order valence-corrected chi connectivity index (χ2v) is 5.93. The van der Waals surface area contributed by atoms with Crippen LogP contribution in [0.2, 0.25) is 5.15 Å². The molecule has 0 atom stereocenters. The highest BCUT2D eigenvalue weighted by atomic mass is 79.9. The van der Waals surface area contributed by atoms with Gasteiger partial charge in [0.1, 0.15) is 10.9 Å². The van der Waals surface area contributed by atoms with Crippen molar-refractivity contribution in [1.29, 1.82) is 0 Å². The second kappa shape index (κ2) is 5.62. The maximum Gasteiger partial charge on any atom is 0.161 e. The molecule has 21 heavy (non-hydrogen) atoms. The van der Waals surface area contributed by atoms with Crippen LogP contribution in [0.25, 0.3) is 22.3 Å². The van der Waals surface area contributed by atoms with E-state index in [0.717, 1.165) is 32.3 Å². The molecule has 0 fully saturated rings. The molecule has 0 unspecified atom stereocenters. The van der Waals surface area contributed by atoms with Gasteiger partial charge in [0.05, 0.1) is 12.6 Å². The number of aryl methyl sites for hydroxylation is 1. The minimum Gasteiger partial charge on any atom is -0.497 e. The largest absolute Gasteiger partial charge is 0.497 e. The Labute approximate surface area is 136 Å². The molecule has 0 spiro atoms. The lowest BCUT2D eigenvalue weighted by Crippen LogP contribution is -1.94. The summed E-state index contributed by atoms with van der Waals surface area (Å²) in [5, 5.41) is 1.29. The summed E-state index contributed by atoms with van der Waals surface area (Å²) in [6.07, 6.45) is 0. The van der Waals surface area contributed by atoms with E-state index in [9.17, 15) is 0 Å². The predicted octanol–water partition coefficient (Wildman–Crippen LogP) is 5.03. The molecule has 3 rings (SSSR count). The molecule has 0 bridgehead atoms. The molecule has 0 saturated heterocycles. The second-order valence-electron chi connectivity index (χ2n) is 4.71. The maximum absolute atomic E-state index is 6.33. The van der Waals surface area contributed by atoms with Crippen LogP contribution in [0, 0.1) is 6.92 Å². The van der Waals surface area contributed by atoms with Crippen LogP contribution in [-0.2, 0) is 0 Å². The van der Waals surface area contributed by atoms with Gasteiger partial charge in [0, 0.05) is 15.4 Å². The minimum atomic E-state index is 0.446. The summed E-state index contributed by atoms with van der Waals surface area (Å²) in [5.74, 6) is 1.34. The summed E-state index contributed by atoms with van der Waals surface area (Å²) >= 11 is 9.87. The summed E-state index contributed by atoms with van der Waals surface area (Å²) in [5.41, 5.74) is 2.78. The molecular formula is C16H12BrClN2O. The van der Waals surface area contributed by atoms with Gasteiger partial charge in [0.25, 0.3) is 0 Å². The molecule has 0 saturated carbocycles. The molecule has 0 N–H and O–H groups in total. The quantitative estimate of drug-likeness (QED) is 0.599. The first kappa shape index (κ1) is 14.3. The van der Waals surface area contributed by atoms with Gasteiger partial charge in [-0.3, -0.25) is 0 Å². The lowest BCUT2D eigenvalue weighted by molar-refractivity contribution is 0.415. The van der Waals surface area contributed by atoms with E-state index in [4.69, 9.17) is 16.3 Å². The Morgan fingerprint density at radius 2 is 1.95 bits per heavy atom. The average Bonchev–Trinajstić information content (AvgIpc) is 2.48. The highest BCUT2D eigenvalue weighted by molar-refractivity contribution is 9.10. The number of aromatic nitrogens is 2. The zero-order valence-corrected chi connectivity index (χ0v) is 13.9. The van der Waals surface area contributed by atoms with Gasteiger partial charge in [0.2, 0.25) is 0 Å². The monoisotopic (exact) mass is 362 g/mol. The van der Waals surface area contributed by atoms with Crippen molar-refractivity contribution in [3.63, 3.8) is 0 Å². The number of halogens is 2. The number of rotatable bonds is 2. The van der Waals surface area contributed by atoms with Crippen LogP contribution in [0.4, 0.5) is 0 Å². The van der Waals surface area contributed by atoms with Gasteiger partial charge < -0.3 is 4.74 Å². The van der Waals surface area contributed by atoms with Crippen LogP contribution in [0.15, 0.2) is 40.9 Å². The number of hydrogen-bond acceptors (Lipinski definition) is 3. The normalized spacial score (nSPS) is 10.9. The van der Waals surface area contributed by atoms with Crippen LogP contribution in [0.3, 0.4) is 0 Å². The number of nitrogens with zero attached hydrogens (tertiary/aromatic N) is 2. The Morgan fingerprint density at radius 1 is 1.14 bits per heavy atom. The third-order valence-corrected chi connectivity index (χ3v) is 4.07. The number of hydrogen-bond donors (Lipinski definition) is 0. The number of ether oxygens (including phenoxy) is 1. The summed E-state index contributed by atoms with van der Waals surface area (Å²) < 4.78 is 6.14. The van der Waals surface area contributed by atoms with Gasteiger partial charge in [-0.05, 0) is 52.7 Å². The summed E-state index contributed by atoms with van der Waals surface area (Å²) in [7, 11) is 1.63. The van der Waals surface area contributed by atoms with Crippen molar-refractivity contribution in [2.24, 2.45) is 0 Å². The highest BCUT2D eigenvalue weighted by Crippen LogP contribution is 2.31. The molecule has 3 nitrogen and oxygen atoms in total. The van der Waals surface area contributed by atoms with Gasteiger partial charge in [-0.25, -0.2) is 9.97 Å². The van der Waals surface area contributed by atoms with Crippen molar-refractivity contribution in [2.45, 2.75) is 6.92 Å².